The molecule has 0 N–H and O–H groups in total. The molecule has 2 aromatic rings. The molecule has 4 rings (SSSR count). The van der Waals surface area contributed by atoms with Gasteiger partial charge in [0.25, 0.3) is 0 Å². The number of benzene rings is 1. The van der Waals surface area contributed by atoms with Crippen molar-refractivity contribution < 1.29 is 4.74 Å². The zero-order valence-corrected chi connectivity index (χ0v) is 17.9. The molecule has 0 aliphatic carbocycles. The lowest BCUT2D eigenvalue weighted by atomic mass is 10.0. The van der Waals surface area contributed by atoms with Crippen LogP contribution < -0.4 is 9.64 Å². The molecule has 2 unspecified atom stereocenters. The largest absolute Gasteiger partial charge is 0.492 e. The van der Waals surface area contributed by atoms with Gasteiger partial charge in [-0.2, -0.15) is 0 Å². The van der Waals surface area contributed by atoms with E-state index in [1.165, 1.54) is 13.1 Å². The van der Waals surface area contributed by atoms with E-state index in [9.17, 15) is 0 Å². The van der Waals surface area contributed by atoms with E-state index in [-0.39, 0.29) is 0 Å². The minimum Gasteiger partial charge on any atom is -0.492 e. The fraction of sp³-hybridized carbons (Fsp3) is 0.565. The molecule has 0 saturated carbocycles. The minimum atomic E-state index is 0.697. The summed E-state index contributed by atoms with van der Waals surface area (Å²) in [6.45, 7) is 12.7. The normalized spacial score (nSPS) is 21.7. The fourth-order valence-corrected chi connectivity index (χ4v) is 4.64. The summed E-state index contributed by atoms with van der Waals surface area (Å²) in [5.74, 6) is 3.42. The second kappa shape index (κ2) is 9.09. The zero-order valence-electron chi connectivity index (χ0n) is 17.9. The second-order valence-corrected chi connectivity index (χ2v) is 8.33. The van der Waals surface area contributed by atoms with Crippen molar-refractivity contribution in [3.63, 3.8) is 0 Å². The van der Waals surface area contributed by atoms with Crippen molar-refractivity contribution in [3.05, 3.63) is 36.4 Å². The van der Waals surface area contributed by atoms with Gasteiger partial charge in [0.05, 0.1) is 5.69 Å². The Morgan fingerprint density at radius 1 is 1.00 bits per heavy atom. The van der Waals surface area contributed by atoms with Crippen LogP contribution in [0, 0.1) is 11.8 Å². The summed E-state index contributed by atoms with van der Waals surface area (Å²) in [6, 6.07) is 12.3. The van der Waals surface area contributed by atoms with Gasteiger partial charge < -0.3 is 19.4 Å². The second-order valence-electron chi connectivity index (χ2n) is 8.33. The average Bonchev–Trinajstić information content (AvgIpc) is 3.29. The summed E-state index contributed by atoms with van der Waals surface area (Å²) >= 11 is 0. The fourth-order valence-electron chi connectivity index (χ4n) is 4.64. The van der Waals surface area contributed by atoms with Gasteiger partial charge in [0.15, 0.2) is 5.82 Å². The first kappa shape index (κ1) is 20.1. The highest BCUT2D eigenvalue weighted by molar-refractivity contribution is 5.61. The van der Waals surface area contributed by atoms with E-state index in [1.807, 2.05) is 12.1 Å². The number of aromatic nitrogens is 2. The Labute approximate surface area is 174 Å². The number of anilines is 1. The molecule has 29 heavy (non-hydrogen) atoms. The van der Waals surface area contributed by atoms with Gasteiger partial charge in [-0.15, -0.1) is 10.2 Å². The molecule has 1 aromatic heterocycles. The SMILES string of the molecule is CCN(CC)CCOc1cccc(-c2ccc(N3CC4CN(C)CC4C3)nn2)c1. The number of rotatable bonds is 8. The smallest absolute Gasteiger partial charge is 0.151 e. The van der Waals surface area contributed by atoms with Gasteiger partial charge in [0.2, 0.25) is 0 Å². The highest BCUT2D eigenvalue weighted by Gasteiger charge is 2.39. The highest BCUT2D eigenvalue weighted by Crippen LogP contribution is 2.32. The van der Waals surface area contributed by atoms with Crippen LogP contribution in [0.15, 0.2) is 36.4 Å². The van der Waals surface area contributed by atoms with Gasteiger partial charge in [0.1, 0.15) is 12.4 Å². The maximum Gasteiger partial charge on any atom is 0.151 e. The van der Waals surface area contributed by atoms with Crippen molar-refractivity contribution in [3.8, 4) is 17.0 Å². The van der Waals surface area contributed by atoms with E-state index >= 15 is 0 Å². The lowest BCUT2D eigenvalue weighted by Crippen LogP contribution is -2.27. The number of likely N-dealkylation sites (tertiary alicyclic amines) is 1. The van der Waals surface area contributed by atoms with Gasteiger partial charge in [-0.05, 0) is 56.2 Å². The lowest BCUT2D eigenvalue weighted by molar-refractivity contribution is 0.223. The van der Waals surface area contributed by atoms with Gasteiger partial charge in [-0.3, -0.25) is 0 Å². The number of nitrogens with zero attached hydrogens (tertiary/aromatic N) is 5. The van der Waals surface area contributed by atoms with E-state index in [0.717, 1.165) is 67.4 Å². The van der Waals surface area contributed by atoms with Gasteiger partial charge >= 0.3 is 0 Å². The van der Waals surface area contributed by atoms with Crippen LogP contribution in [-0.2, 0) is 0 Å². The summed E-state index contributed by atoms with van der Waals surface area (Å²) in [7, 11) is 2.22. The molecular weight excluding hydrogens is 362 g/mol. The number of hydrogen-bond donors (Lipinski definition) is 0. The molecule has 2 saturated heterocycles. The third kappa shape index (κ3) is 4.70. The number of fused-ring (bicyclic) bond motifs is 1. The topological polar surface area (TPSA) is 44.7 Å². The zero-order chi connectivity index (χ0) is 20.2. The number of ether oxygens (including phenoxy) is 1. The molecule has 3 heterocycles. The van der Waals surface area contributed by atoms with Crippen molar-refractivity contribution in [2.75, 3.05) is 64.4 Å². The predicted octanol–water partition coefficient (Wildman–Crippen LogP) is 2.86. The Kier molecular flexibility index (Phi) is 6.31. The van der Waals surface area contributed by atoms with Crippen molar-refractivity contribution in [1.82, 2.24) is 20.0 Å². The van der Waals surface area contributed by atoms with Crippen LogP contribution in [-0.4, -0.2) is 79.5 Å². The van der Waals surface area contributed by atoms with Gasteiger partial charge in [-0.25, -0.2) is 0 Å². The van der Waals surface area contributed by atoms with E-state index in [0.29, 0.717) is 6.61 Å². The Morgan fingerprint density at radius 2 is 1.76 bits per heavy atom. The Balaban J connectivity index is 1.37. The Bertz CT molecular complexity index is 778. The molecule has 156 valence electrons. The number of hydrogen-bond acceptors (Lipinski definition) is 6. The van der Waals surface area contributed by atoms with E-state index in [1.54, 1.807) is 0 Å². The predicted molar refractivity (Wildman–Crippen MR) is 117 cm³/mol. The van der Waals surface area contributed by atoms with Crippen LogP contribution >= 0.6 is 0 Å². The molecule has 0 spiro atoms. The van der Waals surface area contributed by atoms with Crippen LogP contribution in [0.2, 0.25) is 0 Å². The van der Waals surface area contributed by atoms with Crippen molar-refractivity contribution in [2.24, 2.45) is 11.8 Å². The first-order chi connectivity index (χ1) is 14.2. The molecule has 2 fully saturated rings. The molecule has 2 atom stereocenters. The number of likely N-dealkylation sites (N-methyl/N-ethyl adjacent to an activating group) is 1. The molecule has 6 heteroatoms. The quantitative estimate of drug-likeness (QED) is 0.685. The highest BCUT2D eigenvalue weighted by atomic mass is 16.5. The van der Waals surface area contributed by atoms with Crippen LogP contribution in [0.1, 0.15) is 13.8 Å². The van der Waals surface area contributed by atoms with E-state index in [2.05, 4.69) is 70.1 Å². The maximum absolute atomic E-state index is 5.96. The molecule has 2 aliphatic heterocycles. The molecular formula is C23H33N5O. The van der Waals surface area contributed by atoms with Crippen molar-refractivity contribution >= 4 is 5.82 Å². The first-order valence-corrected chi connectivity index (χ1v) is 10.9. The van der Waals surface area contributed by atoms with E-state index in [4.69, 9.17) is 4.74 Å². The van der Waals surface area contributed by atoms with Crippen LogP contribution in [0.3, 0.4) is 0 Å². The van der Waals surface area contributed by atoms with Crippen LogP contribution in [0.4, 0.5) is 5.82 Å². The third-order valence-corrected chi connectivity index (χ3v) is 6.34. The molecule has 0 amide bonds. The average molecular weight is 396 g/mol. The molecule has 0 bridgehead atoms. The summed E-state index contributed by atoms with van der Waals surface area (Å²) in [6.07, 6.45) is 0. The molecule has 2 aliphatic rings. The molecule has 0 radical (unpaired) electrons. The lowest BCUT2D eigenvalue weighted by Gasteiger charge is -2.20. The monoisotopic (exact) mass is 395 g/mol. The van der Waals surface area contributed by atoms with E-state index < -0.39 is 0 Å². The summed E-state index contributed by atoms with van der Waals surface area (Å²) in [5, 5.41) is 9.05. The Morgan fingerprint density at radius 3 is 2.41 bits per heavy atom. The minimum absolute atomic E-state index is 0.697. The summed E-state index contributed by atoms with van der Waals surface area (Å²) in [4.78, 5) is 7.20. The van der Waals surface area contributed by atoms with Gasteiger partial charge in [0, 0.05) is 38.3 Å². The third-order valence-electron chi connectivity index (χ3n) is 6.34. The van der Waals surface area contributed by atoms with Crippen LogP contribution in [0.5, 0.6) is 5.75 Å². The van der Waals surface area contributed by atoms with Crippen molar-refractivity contribution in [2.45, 2.75) is 13.8 Å². The summed E-state index contributed by atoms with van der Waals surface area (Å²) < 4.78 is 5.96. The summed E-state index contributed by atoms with van der Waals surface area (Å²) in [5.41, 5.74) is 1.94. The first-order valence-electron chi connectivity index (χ1n) is 10.9. The standard InChI is InChI=1S/C23H33N5O/c1-4-27(5-2)11-12-29-21-8-6-7-18(13-21)22-9-10-23(25-24-22)28-16-19-14-26(3)15-20(19)17-28/h6-10,13,19-20H,4-5,11-12,14-17H2,1-3H3. The maximum atomic E-state index is 5.96. The Hall–Kier alpha value is -2.18. The van der Waals surface area contributed by atoms with Crippen molar-refractivity contribution in [1.29, 1.82) is 0 Å². The van der Waals surface area contributed by atoms with Crippen LogP contribution in [0.25, 0.3) is 11.3 Å². The van der Waals surface area contributed by atoms with Gasteiger partial charge in [-0.1, -0.05) is 26.0 Å². The molecule has 1 aromatic carbocycles. The molecule has 6 nitrogen and oxygen atoms in total.